The lowest BCUT2D eigenvalue weighted by molar-refractivity contribution is 0.195. The van der Waals surface area contributed by atoms with E-state index in [1.165, 1.54) is 10.6 Å². The first-order chi connectivity index (χ1) is 9.33. The number of rotatable bonds is 6. The van der Waals surface area contributed by atoms with Gasteiger partial charge in [-0.1, -0.05) is 67.6 Å². The summed E-state index contributed by atoms with van der Waals surface area (Å²) in [5.41, 5.74) is 0.625. The molecular formula is C17H21OP. The molecule has 0 aliphatic heterocycles. The molecule has 2 aromatic rings. The summed E-state index contributed by atoms with van der Waals surface area (Å²) in [4.78, 5) is 0. The lowest BCUT2D eigenvalue weighted by Crippen LogP contribution is -2.20. The molecule has 0 aliphatic rings. The van der Waals surface area contributed by atoms with Gasteiger partial charge in [0, 0.05) is 13.7 Å². The van der Waals surface area contributed by atoms with Crippen LogP contribution in [0.5, 0.6) is 0 Å². The Morgan fingerprint density at radius 2 is 1.37 bits per heavy atom. The van der Waals surface area contributed by atoms with Crippen molar-refractivity contribution in [1.82, 2.24) is 0 Å². The molecule has 0 aromatic heterocycles. The second kappa shape index (κ2) is 7.43. The van der Waals surface area contributed by atoms with E-state index in [1.54, 1.807) is 7.11 Å². The predicted octanol–water partition coefficient (Wildman–Crippen LogP) is 3.54. The SMILES string of the molecule is COCC[C@H](C)P(c1ccccc1)c1ccccc1. The Bertz CT molecular complexity index is 430. The number of benzene rings is 2. The van der Waals surface area contributed by atoms with Gasteiger partial charge in [0.25, 0.3) is 0 Å². The first-order valence-corrected chi connectivity index (χ1v) is 8.12. The van der Waals surface area contributed by atoms with E-state index in [0.29, 0.717) is 5.66 Å². The zero-order valence-corrected chi connectivity index (χ0v) is 12.5. The maximum atomic E-state index is 5.24. The monoisotopic (exact) mass is 272 g/mol. The van der Waals surface area contributed by atoms with Gasteiger partial charge in [-0.25, -0.2) is 0 Å². The summed E-state index contributed by atoms with van der Waals surface area (Å²) in [6.45, 7) is 3.17. The van der Waals surface area contributed by atoms with Gasteiger partial charge in [0.05, 0.1) is 0 Å². The molecule has 19 heavy (non-hydrogen) atoms. The number of methoxy groups -OCH3 is 1. The second-order valence-corrected chi connectivity index (χ2v) is 7.33. The van der Waals surface area contributed by atoms with Gasteiger partial charge in [0.15, 0.2) is 0 Å². The van der Waals surface area contributed by atoms with Crippen LogP contribution in [0, 0.1) is 0 Å². The van der Waals surface area contributed by atoms with Gasteiger partial charge in [-0.15, -0.1) is 0 Å². The minimum absolute atomic E-state index is 0.304. The highest BCUT2D eigenvalue weighted by molar-refractivity contribution is 7.73. The molecule has 0 saturated heterocycles. The van der Waals surface area contributed by atoms with Crippen LogP contribution in [0.1, 0.15) is 13.3 Å². The molecule has 0 heterocycles. The smallest absolute Gasteiger partial charge is 0.0468 e. The topological polar surface area (TPSA) is 9.23 Å². The first-order valence-electron chi connectivity index (χ1n) is 6.71. The molecule has 0 aliphatic carbocycles. The molecule has 1 atom stereocenters. The standard InChI is InChI=1S/C17H21OP/c1-15(13-14-18-2)19(16-9-5-3-6-10-16)17-11-7-4-8-12-17/h3-12,15H,13-14H2,1-2H3/t15-/m0/s1. The van der Waals surface area contributed by atoms with Gasteiger partial charge in [-0.2, -0.15) is 0 Å². The number of hydrogen-bond donors (Lipinski definition) is 0. The molecular weight excluding hydrogens is 251 g/mol. The van der Waals surface area contributed by atoms with Crippen LogP contribution in [-0.4, -0.2) is 19.4 Å². The molecule has 2 heteroatoms. The molecule has 1 nitrogen and oxygen atoms in total. The third-order valence-corrected chi connectivity index (χ3v) is 6.10. The fraction of sp³-hybridized carbons (Fsp3) is 0.294. The molecule has 0 spiro atoms. The van der Waals surface area contributed by atoms with Crippen LogP contribution in [0.25, 0.3) is 0 Å². The maximum absolute atomic E-state index is 5.24. The van der Waals surface area contributed by atoms with E-state index in [0.717, 1.165) is 13.0 Å². The summed E-state index contributed by atoms with van der Waals surface area (Å²) in [6, 6.07) is 21.7. The fourth-order valence-electron chi connectivity index (χ4n) is 2.25. The second-order valence-electron chi connectivity index (χ2n) is 4.67. The van der Waals surface area contributed by atoms with Crippen LogP contribution in [0.15, 0.2) is 60.7 Å². The van der Waals surface area contributed by atoms with Crippen molar-refractivity contribution in [3.8, 4) is 0 Å². The molecule has 0 N–H and O–H groups in total. The van der Waals surface area contributed by atoms with E-state index in [1.807, 2.05) is 0 Å². The molecule has 2 aromatic carbocycles. The molecule has 0 bridgehead atoms. The van der Waals surface area contributed by atoms with Crippen LogP contribution in [0.2, 0.25) is 0 Å². The highest BCUT2D eigenvalue weighted by Crippen LogP contribution is 2.40. The summed E-state index contributed by atoms with van der Waals surface area (Å²) in [6.07, 6.45) is 1.10. The molecule has 2 rings (SSSR count). The Balaban J connectivity index is 2.29. The van der Waals surface area contributed by atoms with Crippen molar-refractivity contribution in [1.29, 1.82) is 0 Å². The van der Waals surface area contributed by atoms with Crippen molar-refractivity contribution < 1.29 is 4.74 Å². The third kappa shape index (κ3) is 3.89. The largest absolute Gasteiger partial charge is 0.385 e. The van der Waals surface area contributed by atoms with Gasteiger partial charge in [-0.3, -0.25) is 0 Å². The molecule has 0 unspecified atom stereocenters. The lowest BCUT2D eigenvalue weighted by atomic mass is 10.3. The summed E-state index contributed by atoms with van der Waals surface area (Å²) >= 11 is 0. The van der Waals surface area contributed by atoms with Gasteiger partial charge < -0.3 is 4.74 Å². The van der Waals surface area contributed by atoms with Crippen molar-refractivity contribution in [2.24, 2.45) is 0 Å². The third-order valence-electron chi connectivity index (χ3n) is 3.25. The Morgan fingerprint density at radius 3 is 1.79 bits per heavy atom. The van der Waals surface area contributed by atoms with Crippen molar-refractivity contribution in [2.45, 2.75) is 19.0 Å². The van der Waals surface area contributed by atoms with Crippen molar-refractivity contribution in [3.05, 3.63) is 60.7 Å². The van der Waals surface area contributed by atoms with Crippen LogP contribution < -0.4 is 10.6 Å². The average Bonchev–Trinajstić information content (AvgIpc) is 2.47. The van der Waals surface area contributed by atoms with Crippen LogP contribution >= 0.6 is 7.92 Å². The fourth-order valence-corrected chi connectivity index (χ4v) is 4.92. The maximum Gasteiger partial charge on any atom is 0.0468 e. The van der Waals surface area contributed by atoms with Gasteiger partial charge in [0.2, 0.25) is 0 Å². The molecule has 0 fully saturated rings. The van der Waals surface area contributed by atoms with Crippen molar-refractivity contribution in [2.75, 3.05) is 13.7 Å². The Morgan fingerprint density at radius 1 is 0.895 bits per heavy atom. The zero-order chi connectivity index (χ0) is 13.5. The van der Waals surface area contributed by atoms with Crippen molar-refractivity contribution in [3.63, 3.8) is 0 Å². The van der Waals surface area contributed by atoms with Gasteiger partial charge in [0.1, 0.15) is 0 Å². The lowest BCUT2D eigenvalue weighted by Gasteiger charge is -2.25. The Labute approximate surface area is 117 Å². The van der Waals surface area contributed by atoms with E-state index in [4.69, 9.17) is 4.74 Å². The van der Waals surface area contributed by atoms with Crippen LogP contribution in [0.4, 0.5) is 0 Å². The van der Waals surface area contributed by atoms with E-state index in [9.17, 15) is 0 Å². The van der Waals surface area contributed by atoms with Gasteiger partial charge in [-0.05, 0) is 30.6 Å². The first kappa shape index (κ1) is 14.2. The molecule has 0 radical (unpaired) electrons. The van der Waals surface area contributed by atoms with E-state index in [2.05, 4.69) is 67.6 Å². The van der Waals surface area contributed by atoms with E-state index < -0.39 is 0 Å². The van der Waals surface area contributed by atoms with Crippen molar-refractivity contribution >= 4 is 18.5 Å². The molecule has 0 amide bonds. The Hall–Kier alpha value is -1.17. The summed E-state index contributed by atoms with van der Waals surface area (Å²) in [5.74, 6) is 0. The highest BCUT2D eigenvalue weighted by atomic mass is 31.1. The van der Waals surface area contributed by atoms with E-state index in [-0.39, 0.29) is 7.92 Å². The number of ether oxygens (including phenoxy) is 1. The Kier molecular flexibility index (Phi) is 5.57. The quantitative estimate of drug-likeness (QED) is 0.731. The van der Waals surface area contributed by atoms with Crippen LogP contribution in [-0.2, 0) is 4.74 Å². The van der Waals surface area contributed by atoms with Crippen LogP contribution in [0.3, 0.4) is 0 Å². The normalized spacial score (nSPS) is 12.6. The highest BCUT2D eigenvalue weighted by Gasteiger charge is 2.20. The summed E-state index contributed by atoms with van der Waals surface area (Å²) in [5, 5.41) is 2.90. The molecule has 100 valence electrons. The summed E-state index contributed by atoms with van der Waals surface area (Å²) < 4.78 is 5.24. The average molecular weight is 272 g/mol. The predicted molar refractivity (Wildman–Crippen MR) is 85.0 cm³/mol. The molecule has 0 saturated carbocycles. The van der Waals surface area contributed by atoms with Gasteiger partial charge >= 0.3 is 0 Å². The zero-order valence-electron chi connectivity index (χ0n) is 11.6. The summed E-state index contributed by atoms with van der Waals surface area (Å²) in [7, 11) is 1.47. The minimum Gasteiger partial charge on any atom is -0.385 e. The number of hydrogen-bond acceptors (Lipinski definition) is 1. The minimum atomic E-state index is -0.304. The van der Waals surface area contributed by atoms with E-state index >= 15 is 0 Å².